The summed E-state index contributed by atoms with van der Waals surface area (Å²) in [6.07, 6.45) is 1.48. The van der Waals surface area contributed by atoms with E-state index >= 15 is 0 Å². The fraction of sp³-hybridized carbons (Fsp3) is 0.889. The molecular formula is C9H21N3O2. The lowest BCUT2D eigenvalue weighted by molar-refractivity contribution is 0.127. The molecule has 0 aromatic carbocycles. The minimum absolute atomic E-state index is 0.282. The molecule has 0 saturated heterocycles. The molecule has 5 nitrogen and oxygen atoms in total. The van der Waals surface area contributed by atoms with Crippen molar-refractivity contribution in [2.75, 3.05) is 19.8 Å². The first-order valence-corrected chi connectivity index (χ1v) is 4.98. The Labute approximate surface area is 85.3 Å². The van der Waals surface area contributed by atoms with E-state index in [-0.39, 0.29) is 5.84 Å². The molecule has 0 bridgehead atoms. The molecule has 14 heavy (non-hydrogen) atoms. The number of nitrogens with zero attached hydrogens (tertiary/aromatic N) is 1. The van der Waals surface area contributed by atoms with Crippen LogP contribution in [-0.2, 0) is 4.74 Å². The van der Waals surface area contributed by atoms with E-state index in [2.05, 4.69) is 17.4 Å². The van der Waals surface area contributed by atoms with E-state index in [9.17, 15) is 0 Å². The van der Waals surface area contributed by atoms with Crippen molar-refractivity contribution in [2.24, 2.45) is 10.9 Å². The second kappa shape index (κ2) is 8.77. The average molecular weight is 203 g/mol. The van der Waals surface area contributed by atoms with Gasteiger partial charge in [0.15, 0.2) is 0 Å². The molecule has 84 valence electrons. The van der Waals surface area contributed by atoms with Gasteiger partial charge in [0, 0.05) is 19.1 Å². The summed E-state index contributed by atoms with van der Waals surface area (Å²) in [7, 11) is 0. The summed E-state index contributed by atoms with van der Waals surface area (Å²) in [5, 5.41) is 14.5. The summed E-state index contributed by atoms with van der Waals surface area (Å²) >= 11 is 0. The van der Waals surface area contributed by atoms with Gasteiger partial charge in [-0.3, -0.25) is 0 Å². The van der Waals surface area contributed by atoms with Gasteiger partial charge >= 0.3 is 0 Å². The van der Waals surface area contributed by atoms with E-state index in [1.165, 1.54) is 0 Å². The number of nitrogens with one attached hydrogen (secondary N) is 1. The first-order chi connectivity index (χ1) is 6.70. The van der Waals surface area contributed by atoms with Crippen LogP contribution in [0.1, 0.15) is 26.7 Å². The highest BCUT2D eigenvalue weighted by atomic mass is 16.5. The maximum Gasteiger partial charge on any atom is 0.139 e. The van der Waals surface area contributed by atoms with Crippen molar-refractivity contribution in [3.05, 3.63) is 0 Å². The summed E-state index contributed by atoms with van der Waals surface area (Å²) in [5.74, 6) is 0.282. The molecule has 1 atom stereocenters. The first-order valence-electron chi connectivity index (χ1n) is 4.98. The molecule has 0 radical (unpaired) electrons. The van der Waals surface area contributed by atoms with Gasteiger partial charge in [0.05, 0.1) is 6.61 Å². The highest BCUT2D eigenvalue weighted by Crippen LogP contribution is 1.89. The maximum absolute atomic E-state index is 8.28. The third-order valence-electron chi connectivity index (χ3n) is 1.80. The van der Waals surface area contributed by atoms with Crippen LogP contribution in [0.15, 0.2) is 5.16 Å². The zero-order valence-electron chi connectivity index (χ0n) is 8.99. The van der Waals surface area contributed by atoms with Crippen LogP contribution in [0.4, 0.5) is 0 Å². The molecule has 1 unspecified atom stereocenters. The van der Waals surface area contributed by atoms with Gasteiger partial charge in [-0.2, -0.15) is 0 Å². The summed E-state index contributed by atoms with van der Waals surface area (Å²) < 4.78 is 5.24. The van der Waals surface area contributed by atoms with E-state index in [4.69, 9.17) is 15.7 Å². The Hall–Kier alpha value is -0.810. The minimum atomic E-state index is 0.282. The van der Waals surface area contributed by atoms with Crippen LogP contribution < -0.4 is 11.1 Å². The second-order valence-electron chi connectivity index (χ2n) is 3.21. The van der Waals surface area contributed by atoms with E-state index in [1.807, 2.05) is 6.92 Å². The summed E-state index contributed by atoms with van der Waals surface area (Å²) in [5.41, 5.74) is 5.32. The quantitative estimate of drug-likeness (QED) is 0.177. The number of rotatable bonds is 8. The number of hydrogen-bond donors (Lipinski definition) is 3. The van der Waals surface area contributed by atoms with Gasteiger partial charge in [0.25, 0.3) is 0 Å². The van der Waals surface area contributed by atoms with Crippen molar-refractivity contribution < 1.29 is 9.94 Å². The molecule has 0 aromatic rings. The molecule has 0 aromatic heterocycles. The molecule has 0 spiro atoms. The predicted octanol–water partition coefficient (Wildman–Crippen LogP) is 0.528. The Morgan fingerprint density at radius 2 is 2.36 bits per heavy atom. The van der Waals surface area contributed by atoms with Gasteiger partial charge < -0.3 is 21.0 Å². The molecule has 0 aliphatic carbocycles. The van der Waals surface area contributed by atoms with E-state index in [1.54, 1.807) is 0 Å². The number of ether oxygens (including phenoxy) is 1. The number of hydrogen-bond acceptors (Lipinski definition) is 4. The summed E-state index contributed by atoms with van der Waals surface area (Å²) in [6.45, 7) is 6.37. The van der Waals surface area contributed by atoms with Gasteiger partial charge in [-0.1, -0.05) is 5.16 Å². The van der Waals surface area contributed by atoms with E-state index < -0.39 is 0 Å². The molecular weight excluding hydrogens is 182 g/mol. The summed E-state index contributed by atoms with van der Waals surface area (Å²) in [4.78, 5) is 0. The van der Waals surface area contributed by atoms with E-state index in [0.29, 0.717) is 12.5 Å². The molecule has 0 saturated carbocycles. The molecule has 0 fully saturated rings. The maximum atomic E-state index is 8.28. The highest BCUT2D eigenvalue weighted by molar-refractivity contribution is 5.79. The molecule has 5 heteroatoms. The van der Waals surface area contributed by atoms with Crippen LogP contribution in [0.5, 0.6) is 0 Å². The van der Waals surface area contributed by atoms with Crippen LogP contribution in [-0.4, -0.2) is 36.8 Å². The van der Waals surface area contributed by atoms with Crippen molar-refractivity contribution in [2.45, 2.75) is 32.7 Å². The third kappa shape index (κ3) is 7.82. The topological polar surface area (TPSA) is 79.9 Å². The summed E-state index contributed by atoms with van der Waals surface area (Å²) in [6, 6.07) is 0.349. The number of oxime groups is 1. The van der Waals surface area contributed by atoms with Crippen molar-refractivity contribution in [1.29, 1.82) is 0 Å². The van der Waals surface area contributed by atoms with Crippen molar-refractivity contribution in [3.8, 4) is 0 Å². The Kier molecular flexibility index (Phi) is 8.27. The van der Waals surface area contributed by atoms with Crippen LogP contribution >= 0.6 is 0 Å². The van der Waals surface area contributed by atoms with Gasteiger partial charge in [0.1, 0.15) is 5.84 Å². The number of nitrogens with two attached hydrogens (primary N) is 1. The number of amidine groups is 1. The lowest BCUT2D eigenvalue weighted by Crippen LogP contribution is -2.31. The van der Waals surface area contributed by atoms with Gasteiger partial charge in [-0.25, -0.2) is 0 Å². The molecule has 0 aliphatic heterocycles. The van der Waals surface area contributed by atoms with Crippen LogP contribution in [0.2, 0.25) is 0 Å². The normalized spacial score (nSPS) is 14.3. The molecule has 0 heterocycles. The van der Waals surface area contributed by atoms with Gasteiger partial charge in [0.2, 0.25) is 0 Å². The van der Waals surface area contributed by atoms with Crippen LogP contribution in [0.25, 0.3) is 0 Å². The zero-order chi connectivity index (χ0) is 10.8. The average Bonchev–Trinajstić information content (AvgIpc) is 2.21. The van der Waals surface area contributed by atoms with E-state index in [0.717, 1.165) is 26.2 Å². The minimum Gasteiger partial charge on any atom is -0.409 e. The lowest BCUT2D eigenvalue weighted by Gasteiger charge is -2.12. The predicted molar refractivity (Wildman–Crippen MR) is 56.6 cm³/mol. The molecule has 0 aliphatic rings. The standard InChI is InChI=1S/C9H21N3O2/c1-3-14-7-8(2)11-6-4-5-9(10)12-13/h8,11,13H,3-7H2,1-2H3,(H2,10,12). The van der Waals surface area contributed by atoms with Crippen molar-refractivity contribution in [3.63, 3.8) is 0 Å². The molecule has 0 amide bonds. The van der Waals surface area contributed by atoms with Crippen molar-refractivity contribution in [1.82, 2.24) is 5.32 Å². The van der Waals surface area contributed by atoms with Crippen LogP contribution in [0, 0.1) is 0 Å². The molecule has 0 rings (SSSR count). The first kappa shape index (κ1) is 13.2. The second-order valence-corrected chi connectivity index (χ2v) is 3.21. The zero-order valence-corrected chi connectivity index (χ0v) is 8.99. The van der Waals surface area contributed by atoms with Gasteiger partial charge in [-0.15, -0.1) is 0 Å². The Morgan fingerprint density at radius 1 is 1.64 bits per heavy atom. The Morgan fingerprint density at radius 3 is 2.93 bits per heavy atom. The fourth-order valence-electron chi connectivity index (χ4n) is 1.02. The SMILES string of the molecule is CCOCC(C)NCCCC(N)=NO. The smallest absolute Gasteiger partial charge is 0.139 e. The Bertz CT molecular complexity index is 162. The lowest BCUT2D eigenvalue weighted by atomic mass is 10.2. The molecule has 4 N–H and O–H groups in total. The fourth-order valence-corrected chi connectivity index (χ4v) is 1.02. The Balaban J connectivity index is 3.27. The highest BCUT2D eigenvalue weighted by Gasteiger charge is 2.00. The third-order valence-corrected chi connectivity index (χ3v) is 1.80. The van der Waals surface area contributed by atoms with Crippen molar-refractivity contribution >= 4 is 5.84 Å². The largest absolute Gasteiger partial charge is 0.409 e. The van der Waals surface area contributed by atoms with Gasteiger partial charge in [-0.05, 0) is 26.8 Å². The monoisotopic (exact) mass is 203 g/mol. The van der Waals surface area contributed by atoms with Crippen LogP contribution in [0.3, 0.4) is 0 Å².